The van der Waals surface area contributed by atoms with Crippen molar-refractivity contribution in [2.75, 3.05) is 25.6 Å². The molecule has 0 saturated carbocycles. The average molecular weight is 247 g/mol. The topological polar surface area (TPSA) is 61.6 Å². The lowest BCUT2D eigenvalue weighted by molar-refractivity contribution is -0.139. The lowest BCUT2D eigenvalue weighted by Crippen LogP contribution is -2.12. The molecule has 0 aromatic heterocycles. The van der Waals surface area contributed by atoms with Crippen molar-refractivity contribution in [3.63, 3.8) is 0 Å². The van der Waals surface area contributed by atoms with Crippen molar-refractivity contribution in [3.05, 3.63) is 35.9 Å². The van der Waals surface area contributed by atoms with Crippen LogP contribution in [0.4, 0.5) is 5.69 Å². The first kappa shape index (κ1) is 12.6. The predicted octanol–water partition coefficient (Wildman–Crippen LogP) is 1.86. The van der Waals surface area contributed by atoms with Gasteiger partial charge in [-0.3, -0.25) is 0 Å². The number of rotatable bonds is 4. The number of benzene rings is 1. The largest absolute Gasteiger partial charge is 0.462 e. The Hall–Kier alpha value is -1.81. The van der Waals surface area contributed by atoms with Crippen LogP contribution in [0.15, 0.2) is 30.3 Å². The third-order valence-electron chi connectivity index (χ3n) is 2.83. The van der Waals surface area contributed by atoms with Gasteiger partial charge in [-0.25, -0.2) is 4.79 Å². The summed E-state index contributed by atoms with van der Waals surface area (Å²) < 4.78 is 10.3. The molecule has 96 valence electrons. The molecule has 0 radical (unpaired) electrons. The van der Waals surface area contributed by atoms with E-state index >= 15 is 0 Å². The van der Waals surface area contributed by atoms with Gasteiger partial charge in [-0.2, -0.15) is 0 Å². The molecule has 2 rings (SSSR count). The summed E-state index contributed by atoms with van der Waals surface area (Å²) in [6, 6.07) is 7.29. The van der Waals surface area contributed by atoms with E-state index in [1.165, 1.54) is 6.08 Å². The summed E-state index contributed by atoms with van der Waals surface area (Å²) in [5.41, 5.74) is 7.20. The highest BCUT2D eigenvalue weighted by molar-refractivity contribution is 5.87. The van der Waals surface area contributed by atoms with Crippen LogP contribution in [0.5, 0.6) is 0 Å². The Kier molecular flexibility index (Phi) is 4.36. The van der Waals surface area contributed by atoms with Gasteiger partial charge in [0.25, 0.3) is 0 Å². The van der Waals surface area contributed by atoms with Crippen molar-refractivity contribution in [2.24, 2.45) is 5.92 Å². The Morgan fingerprint density at radius 1 is 1.44 bits per heavy atom. The van der Waals surface area contributed by atoms with E-state index < -0.39 is 0 Å². The fourth-order valence-corrected chi connectivity index (χ4v) is 1.73. The second-order valence-electron chi connectivity index (χ2n) is 4.36. The van der Waals surface area contributed by atoms with Crippen LogP contribution < -0.4 is 5.73 Å². The zero-order valence-corrected chi connectivity index (χ0v) is 10.2. The number of hydrogen-bond acceptors (Lipinski definition) is 4. The second-order valence-corrected chi connectivity index (χ2v) is 4.36. The first-order valence-corrected chi connectivity index (χ1v) is 6.02. The first-order chi connectivity index (χ1) is 8.74. The Balaban J connectivity index is 1.77. The van der Waals surface area contributed by atoms with Crippen molar-refractivity contribution >= 4 is 17.7 Å². The predicted molar refractivity (Wildman–Crippen MR) is 69.8 cm³/mol. The van der Waals surface area contributed by atoms with Gasteiger partial charge >= 0.3 is 5.97 Å². The third kappa shape index (κ3) is 3.89. The van der Waals surface area contributed by atoms with Gasteiger partial charge in [0.15, 0.2) is 0 Å². The fraction of sp³-hybridized carbons (Fsp3) is 0.357. The average Bonchev–Trinajstić information content (AvgIpc) is 2.89. The van der Waals surface area contributed by atoms with Crippen molar-refractivity contribution in [1.29, 1.82) is 0 Å². The summed E-state index contributed by atoms with van der Waals surface area (Å²) in [6.45, 7) is 1.89. The minimum absolute atomic E-state index is 0.321. The van der Waals surface area contributed by atoms with Crippen molar-refractivity contribution < 1.29 is 14.3 Å². The van der Waals surface area contributed by atoms with Gasteiger partial charge in [-0.05, 0) is 30.2 Å². The van der Waals surface area contributed by atoms with E-state index in [9.17, 15) is 4.79 Å². The molecular weight excluding hydrogens is 230 g/mol. The van der Waals surface area contributed by atoms with Gasteiger partial charge < -0.3 is 15.2 Å². The number of carbonyl (C=O) groups is 1. The van der Waals surface area contributed by atoms with Gasteiger partial charge in [0.05, 0.1) is 13.2 Å². The number of ether oxygens (including phenoxy) is 2. The number of anilines is 1. The molecule has 0 spiro atoms. The van der Waals surface area contributed by atoms with E-state index in [0.717, 1.165) is 18.6 Å². The normalized spacial score (nSPS) is 19.2. The summed E-state index contributed by atoms with van der Waals surface area (Å²) >= 11 is 0. The van der Waals surface area contributed by atoms with E-state index in [2.05, 4.69) is 0 Å². The molecule has 4 nitrogen and oxygen atoms in total. The molecule has 4 heteroatoms. The Bertz CT molecular complexity index is 419. The summed E-state index contributed by atoms with van der Waals surface area (Å²) in [7, 11) is 0. The van der Waals surface area contributed by atoms with Crippen LogP contribution in [0, 0.1) is 5.92 Å². The first-order valence-electron chi connectivity index (χ1n) is 6.02. The Labute approximate surface area is 106 Å². The Morgan fingerprint density at radius 2 is 2.22 bits per heavy atom. The van der Waals surface area contributed by atoms with E-state index in [0.29, 0.717) is 24.8 Å². The van der Waals surface area contributed by atoms with Gasteiger partial charge in [-0.1, -0.05) is 12.1 Å². The van der Waals surface area contributed by atoms with Crippen LogP contribution in [0.25, 0.3) is 6.08 Å². The quantitative estimate of drug-likeness (QED) is 0.501. The van der Waals surface area contributed by atoms with E-state index in [1.54, 1.807) is 18.2 Å². The summed E-state index contributed by atoms with van der Waals surface area (Å²) in [4.78, 5) is 11.5. The van der Waals surface area contributed by atoms with Crippen molar-refractivity contribution in [3.8, 4) is 0 Å². The lowest BCUT2D eigenvalue weighted by Gasteiger charge is -2.06. The molecule has 0 amide bonds. The molecule has 1 aliphatic heterocycles. The van der Waals surface area contributed by atoms with Gasteiger partial charge in [0.1, 0.15) is 0 Å². The molecule has 0 aliphatic carbocycles. The molecule has 1 unspecified atom stereocenters. The zero-order valence-electron chi connectivity index (χ0n) is 10.2. The van der Waals surface area contributed by atoms with Gasteiger partial charge in [0, 0.05) is 24.3 Å². The number of nitrogen functional groups attached to an aromatic ring is 1. The summed E-state index contributed by atoms with van der Waals surface area (Å²) in [6.07, 6.45) is 4.11. The fourth-order valence-electron chi connectivity index (χ4n) is 1.73. The van der Waals surface area contributed by atoms with Crippen LogP contribution in [0.3, 0.4) is 0 Å². The standard InChI is InChI=1S/C14H17NO3/c15-13-4-1-11(2-5-13)3-6-14(16)18-10-12-7-8-17-9-12/h1-6,12H,7-10,15H2/b6-3+. The molecular formula is C14H17NO3. The van der Waals surface area contributed by atoms with E-state index in [-0.39, 0.29) is 5.97 Å². The SMILES string of the molecule is Nc1ccc(/C=C/C(=O)OCC2CCOC2)cc1. The summed E-state index contributed by atoms with van der Waals surface area (Å²) in [5.74, 6) is 0.0256. The van der Waals surface area contributed by atoms with Crippen molar-refractivity contribution in [2.45, 2.75) is 6.42 Å². The number of carbonyl (C=O) groups excluding carboxylic acids is 1. The zero-order chi connectivity index (χ0) is 12.8. The molecule has 18 heavy (non-hydrogen) atoms. The van der Waals surface area contributed by atoms with Crippen LogP contribution >= 0.6 is 0 Å². The maximum Gasteiger partial charge on any atom is 0.330 e. The third-order valence-corrected chi connectivity index (χ3v) is 2.83. The second kappa shape index (κ2) is 6.21. The molecule has 1 heterocycles. The monoisotopic (exact) mass is 247 g/mol. The lowest BCUT2D eigenvalue weighted by atomic mass is 10.1. The minimum Gasteiger partial charge on any atom is -0.462 e. The van der Waals surface area contributed by atoms with Crippen LogP contribution in [0.1, 0.15) is 12.0 Å². The van der Waals surface area contributed by atoms with Crippen LogP contribution in [-0.4, -0.2) is 25.8 Å². The number of nitrogens with two attached hydrogens (primary N) is 1. The maximum atomic E-state index is 11.5. The molecule has 1 saturated heterocycles. The molecule has 1 aromatic carbocycles. The molecule has 1 atom stereocenters. The summed E-state index contributed by atoms with van der Waals surface area (Å²) in [5, 5.41) is 0. The Morgan fingerprint density at radius 3 is 2.89 bits per heavy atom. The maximum absolute atomic E-state index is 11.5. The number of esters is 1. The van der Waals surface area contributed by atoms with Crippen LogP contribution in [0.2, 0.25) is 0 Å². The van der Waals surface area contributed by atoms with Gasteiger partial charge in [-0.15, -0.1) is 0 Å². The van der Waals surface area contributed by atoms with E-state index in [4.69, 9.17) is 15.2 Å². The van der Waals surface area contributed by atoms with E-state index in [1.807, 2.05) is 12.1 Å². The van der Waals surface area contributed by atoms with Crippen LogP contribution in [-0.2, 0) is 14.3 Å². The highest BCUT2D eigenvalue weighted by Crippen LogP contribution is 2.12. The van der Waals surface area contributed by atoms with Crippen molar-refractivity contribution in [1.82, 2.24) is 0 Å². The number of hydrogen-bond donors (Lipinski definition) is 1. The highest BCUT2D eigenvalue weighted by atomic mass is 16.5. The van der Waals surface area contributed by atoms with Gasteiger partial charge in [0.2, 0.25) is 0 Å². The molecule has 1 aromatic rings. The minimum atomic E-state index is -0.321. The molecule has 1 aliphatic rings. The molecule has 1 fully saturated rings. The molecule has 0 bridgehead atoms. The molecule has 2 N–H and O–H groups in total. The highest BCUT2D eigenvalue weighted by Gasteiger charge is 2.16. The smallest absolute Gasteiger partial charge is 0.330 e.